The van der Waals surface area contributed by atoms with E-state index in [1.807, 2.05) is 18.7 Å². The molecule has 2 heterocycles. The number of halogens is 1. The van der Waals surface area contributed by atoms with Gasteiger partial charge in [-0.25, -0.2) is 9.98 Å². The Balaban J connectivity index is 1.87. The monoisotopic (exact) mass is 392 g/mol. The average Bonchev–Trinajstić information content (AvgIpc) is 2.86. The van der Waals surface area contributed by atoms with Gasteiger partial charge < -0.3 is 15.4 Å². The van der Waals surface area contributed by atoms with Gasteiger partial charge >= 0.3 is 0 Å². The molecule has 0 radical (unpaired) electrons. The molecule has 0 fully saturated rings. The predicted molar refractivity (Wildman–Crippen MR) is 110 cm³/mol. The van der Waals surface area contributed by atoms with Crippen LogP contribution in [-0.4, -0.2) is 46.5 Å². The first-order chi connectivity index (χ1) is 12.9. The maximum Gasteiger partial charge on any atom is 0.213 e. The van der Waals surface area contributed by atoms with Crippen LogP contribution in [0.15, 0.2) is 23.3 Å². The van der Waals surface area contributed by atoms with Crippen LogP contribution in [0.5, 0.6) is 5.88 Å². The number of guanidine groups is 1. The first-order valence-electron chi connectivity index (χ1n) is 9.19. The molecule has 0 aromatic carbocycles. The number of rotatable bonds is 8. The van der Waals surface area contributed by atoms with Crippen molar-refractivity contribution in [2.24, 2.45) is 12.0 Å². The van der Waals surface area contributed by atoms with Crippen LogP contribution >= 0.6 is 11.6 Å². The molecule has 2 rings (SSSR count). The van der Waals surface area contributed by atoms with E-state index >= 15 is 0 Å². The van der Waals surface area contributed by atoms with E-state index < -0.39 is 0 Å². The number of hydrogen-bond acceptors (Lipinski definition) is 4. The minimum Gasteiger partial charge on any atom is -0.476 e. The number of nitrogens with zero attached hydrogens (tertiary/aromatic N) is 4. The molecule has 0 aliphatic rings. The van der Waals surface area contributed by atoms with Gasteiger partial charge in [-0.2, -0.15) is 5.10 Å². The normalized spacial score (nSPS) is 12.7. The highest BCUT2D eigenvalue weighted by Crippen LogP contribution is 2.14. The summed E-state index contributed by atoms with van der Waals surface area (Å²) in [5.74, 6) is 1.32. The molecule has 0 amide bonds. The second kappa shape index (κ2) is 10.2. The first-order valence-corrected chi connectivity index (χ1v) is 9.56. The van der Waals surface area contributed by atoms with E-state index in [0.717, 1.165) is 24.6 Å². The Hall–Kier alpha value is -2.28. The highest BCUT2D eigenvalue weighted by Gasteiger charge is 2.13. The van der Waals surface area contributed by atoms with E-state index in [1.165, 1.54) is 11.3 Å². The predicted octanol–water partition coefficient (Wildman–Crippen LogP) is 2.65. The minimum atomic E-state index is 0.225. The topological polar surface area (TPSA) is 76.4 Å². The third kappa shape index (κ3) is 6.43. The maximum atomic E-state index is 5.81. The fourth-order valence-electron chi connectivity index (χ4n) is 2.78. The zero-order chi connectivity index (χ0) is 19.8. The molecule has 1 atom stereocenters. The van der Waals surface area contributed by atoms with Gasteiger partial charge in [-0.15, -0.1) is 0 Å². The Morgan fingerprint density at radius 1 is 1.37 bits per heavy atom. The molecule has 2 N–H and O–H groups in total. The molecule has 0 saturated carbocycles. The Labute approximate surface area is 166 Å². The first kappa shape index (κ1) is 21.0. The largest absolute Gasteiger partial charge is 0.476 e. The van der Waals surface area contributed by atoms with Crippen LogP contribution in [-0.2, 0) is 13.5 Å². The lowest BCUT2D eigenvalue weighted by atomic mass is 10.1. The summed E-state index contributed by atoms with van der Waals surface area (Å²) in [6.07, 6.45) is 2.46. The van der Waals surface area contributed by atoms with Crippen molar-refractivity contribution in [2.75, 3.05) is 19.7 Å². The zero-order valence-corrected chi connectivity index (χ0v) is 17.5. The van der Waals surface area contributed by atoms with Crippen molar-refractivity contribution in [3.63, 3.8) is 0 Å². The molecular formula is C19H29ClN6O. The number of hydrogen-bond donors (Lipinski definition) is 2. The third-order valence-electron chi connectivity index (χ3n) is 4.21. The number of ether oxygens (including phenoxy) is 1. The van der Waals surface area contributed by atoms with Crippen molar-refractivity contribution in [1.82, 2.24) is 25.4 Å². The van der Waals surface area contributed by atoms with Crippen molar-refractivity contribution >= 4 is 17.6 Å². The van der Waals surface area contributed by atoms with E-state index in [4.69, 9.17) is 16.3 Å². The standard InChI is InChI=1S/C19H29ClN6O/c1-6-21-19(22-9-10-27-18-8-7-16(20)12-23-18)24-13(2)11-17-14(3)25-26(5)15(17)4/h7-8,12-13H,6,9-11H2,1-5H3,(H2,21,22,24). The number of aliphatic imine (C=N–C) groups is 1. The number of nitrogens with one attached hydrogen (secondary N) is 2. The lowest BCUT2D eigenvalue weighted by Crippen LogP contribution is -2.43. The van der Waals surface area contributed by atoms with Crippen molar-refractivity contribution < 1.29 is 4.74 Å². The summed E-state index contributed by atoms with van der Waals surface area (Å²) in [5.41, 5.74) is 3.56. The SMILES string of the molecule is CCNC(=NCCOc1ccc(Cl)cn1)NC(C)Cc1c(C)nn(C)c1C. The molecule has 1 unspecified atom stereocenters. The van der Waals surface area contributed by atoms with Crippen LogP contribution in [0.1, 0.15) is 30.8 Å². The van der Waals surface area contributed by atoms with Gasteiger partial charge in [0.1, 0.15) is 6.61 Å². The second-order valence-electron chi connectivity index (χ2n) is 6.45. The molecule has 0 bridgehead atoms. The molecule has 8 heteroatoms. The van der Waals surface area contributed by atoms with Crippen LogP contribution in [0.3, 0.4) is 0 Å². The maximum absolute atomic E-state index is 5.81. The van der Waals surface area contributed by atoms with E-state index in [-0.39, 0.29) is 6.04 Å². The Bertz CT molecular complexity index is 756. The smallest absolute Gasteiger partial charge is 0.213 e. The molecule has 0 spiro atoms. The van der Waals surface area contributed by atoms with E-state index in [9.17, 15) is 0 Å². The van der Waals surface area contributed by atoms with E-state index in [1.54, 1.807) is 18.3 Å². The molecule has 27 heavy (non-hydrogen) atoms. The summed E-state index contributed by atoms with van der Waals surface area (Å²) in [4.78, 5) is 8.68. The molecule has 2 aromatic rings. The number of aryl methyl sites for hydroxylation is 2. The van der Waals surface area contributed by atoms with Gasteiger partial charge in [0.2, 0.25) is 5.88 Å². The lowest BCUT2D eigenvalue weighted by molar-refractivity contribution is 0.316. The summed E-state index contributed by atoms with van der Waals surface area (Å²) in [7, 11) is 1.98. The number of pyridine rings is 1. The van der Waals surface area contributed by atoms with E-state index in [0.29, 0.717) is 24.1 Å². The van der Waals surface area contributed by atoms with Gasteiger partial charge in [0.05, 0.1) is 17.3 Å². The highest BCUT2D eigenvalue weighted by atomic mass is 35.5. The van der Waals surface area contributed by atoms with Crippen LogP contribution < -0.4 is 15.4 Å². The molecule has 0 aliphatic carbocycles. The fourth-order valence-corrected chi connectivity index (χ4v) is 2.89. The molecular weight excluding hydrogens is 364 g/mol. The van der Waals surface area contributed by atoms with Crippen molar-refractivity contribution in [3.8, 4) is 5.88 Å². The average molecular weight is 393 g/mol. The zero-order valence-electron chi connectivity index (χ0n) is 16.7. The second-order valence-corrected chi connectivity index (χ2v) is 6.88. The molecule has 0 saturated heterocycles. The molecule has 0 aliphatic heterocycles. The van der Waals surface area contributed by atoms with Crippen molar-refractivity contribution in [1.29, 1.82) is 0 Å². The Kier molecular flexibility index (Phi) is 7.91. The summed E-state index contributed by atoms with van der Waals surface area (Å²) in [6.45, 7) is 10.1. The van der Waals surface area contributed by atoms with Crippen LogP contribution in [0.2, 0.25) is 5.02 Å². The van der Waals surface area contributed by atoms with E-state index in [2.05, 4.69) is 46.5 Å². The minimum absolute atomic E-state index is 0.225. The number of aromatic nitrogens is 3. The Morgan fingerprint density at radius 3 is 2.74 bits per heavy atom. The van der Waals surface area contributed by atoms with Gasteiger partial charge in [0, 0.05) is 37.6 Å². The van der Waals surface area contributed by atoms with Gasteiger partial charge in [0.25, 0.3) is 0 Å². The molecule has 148 valence electrons. The van der Waals surface area contributed by atoms with Crippen molar-refractivity contribution in [3.05, 3.63) is 40.3 Å². The highest BCUT2D eigenvalue weighted by molar-refractivity contribution is 6.30. The fraction of sp³-hybridized carbons (Fsp3) is 0.526. The summed E-state index contributed by atoms with van der Waals surface area (Å²) in [5, 5.41) is 11.8. The van der Waals surface area contributed by atoms with Gasteiger partial charge in [-0.3, -0.25) is 4.68 Å². The Morgan fingerprint density at radius 2 is 2.15 bits per heavy atom. The van der Waals surface area contributed by atoms with Crippen molar-refractivity contribution in [2.45, 2.75) is 40.2 Å². The lowest BCUT2D eigenvalue weighted by Gasteiger charge is -2.18. The summed E-state index contributed by atoms with van der Waals surface area (Å²) >= 11 is 5.81. The summed E-state index contributed by atoms with van der Waals surface area (Å²) in [6, 6.07) is 3.72. The molecule has 2 aromatic heterocycles. The van der Waals surface area contributed by atoms with Crippen LogP contribution in [0.4, 0.5) is 0 Å². The van der Waals surface area contributed by atoms with Gasteiger partial charge in [-0.05, 0) is 45.7 Å². The summed E-state index contributed by atoms with van der Waals surface area (Å²) < 4.78 is 7.51. The van der Waals surface area contributed by atoms with Crippen LogP contribution in [0, 0.1) is 13.8 Å². The quantitative estimate of drug-likeness (QED) is 0.410. The third-order valence-corrected chi connectivity index (χ3v) is 4.43. The molecule has 7 nitrogen and oxygen atoms in total. The van der Waals surface area contributed by atoms with Gasteiger partial charge in [-0.1, -0.05) is 11.6 Å². The van der Waals surface area contributed by atoms with Gasteiger partial charge in [0.15, 0.2) is 5.96 Å². The van der Waals surface area contributed by atoms with Crippen LogP contribution in [0.25, 0.3) is 0 Å².